The van der Waals surface area contributed by atoms with E-state index in [-0.39, 0.29) is 0 Å². The predicted molar refractivity (Wildman–Crippen MR) is 54.1 cm³/mol. The number of nitrogens with one attached hydrogen (secondary N) is 1. The summed E-state index contributed by atoms with van der Waals surface area (Å²) in [5.74, 6) is 0. The zero-order valence-corrected chi connectivity index (χ0v) is 7.84. The van der Waals surface area contributed by atoms with Crippen molar-refractivity contribution in [3.8, 4) is 0 Å². The van der Waals surface area contributed by atoms with E-state index in [4.69, 9.17) is 0 Å². The van der Waals surface area contributed by atoms with Crippen molar-refractivity contribution < 1.29 is 0 Å². The van der Waals surface area contributed by atoms with Crippen LogP contribution in [0.3, 0.4) is 0 Å². The first kappa shape index (κ1) is 7.26. The quantitative estimate of drug-likeness (QED) is 0.791. The average Bonchev–Trinajstić information content (AvgIpc) is 2.85. The second kappa shape index (κ2) is 2.67. The maximum absolute atomic E-state index is 4.44. The second-order valence-corrected chi connectivity index (χ2v) is 4.24. The normalized spacial score (nSPS) is 16.3. The Balaban J connectivity index is 2.00. The molecule has 4 heteroatoms. The van der Waals surface area contributed by atoms with Crippen molar-refractivity contribution in [2.24, 2.45) is 0 Å². The van der Waals surface area contributed by atoms with Crippen molar-refractivity contribution >= 4 is 26.8 Å². The van der Waals surface area contributed by atoms with E-state index in [0.29, 0.717) is 6.04 Å². The molecule has 0 bridgehead atoms. The highest BCUT2D eigenvalue weighted by atomic mass is 32.1. The summed E-state index contributed by atoms with van der Waals surface area (Å²) in [6.07, 6.45) is 4.37. The summed E-state index contributed by atoms with van der Waals surface area (Å²) in [6.45, 7) is 0. The maximum atomic E-state index is 4.44. The van der Waals surface area contributed by atoms with Gasteiger partial charge in [-0.3, -0.25) is 0 Å². The van der Waals surface area contributed by atoms with Crippen molar-refractivity contribution in [2.75, 3.05) is 5.32 Å². The van der Waals surface area contributed by atoms with Crippen molar-refractivity contribution in [1.82, 2.24) is 9.97 Å². The Morgan fingerprint density at radius 2 is 2.38 bits per heavy atom. The number of fused-ring (bicyclic) bond motifs is 1. The lowest BCUT2D eigenvalue weighted by molar-refractivity contribution is 1.14. The number of hydrogen-bond acceptors (Lipinski definition) is 4. The van der Waals surface area contributed by atoms with Crippen LogP contribution in [0.4, 0.5) is 5.13 Å². The first-order valence-electron chi connectivity index (χ1n) is 4.40. The summed E-state index contributed by atoms with van der Waals surface area (Å²) in [6, 6.07) is 4.58. The van der Waals surface area contributed by atoms with Crippen LogP contribution in [0.2, 0.25) is 0 Å². The standard InChI is InChI=1S/C9H9N3S/c1-2-7-8(10-5-1)13-9(12-7)11-6-3-4-6/h1-2,5-6H,3-4H2,(H,11,12). The summed E-state index contributed by atoms with van der Waals surface area (Å²) < 4.78 is 0. The molecule has 0 spiro atoms. The zero-order chi connectivity index (χ0) is 8.67. The van der Waals surface area contributed by atoms with Crippen LogP contribution in [0.5, 0.6) is 0 Å². The van der Waals surface area contributed by atoms with E-state index >= 15 is 0 Å². The molecule has 0 atom stereocenters. The first-order chi connectivity index (χ1) is 6.42. The summed E-state index contributed by atoms with van der Waals surface area (Å²) in [4.78, 5) is 9.70. The summed E-state index contributed by atoms with van der Waals surface area (Å²) >= 11 is 1.63. The fourth-order valence-corrected chi connectivity index (χ4v) is 2.12. The first-order valence-corrected chi connectivity index (χ1v) is 5.21. The number of nitrogens with zero attached hydrogens (tertiary/aromatic N) is 2. The number of anilines is 1. The third kappa shape index (κ3) is 1.37. The summed E-state index contributed by atoms with van der Waals surface area (Å²) in [5, 5.41) is 4.38. The Bertz CT molecular complexity index is 400. The van der Waals surface area contributed by atoms with Gasteiger partial charge in [0, 0.05) is 12.2 Å². The lowest BCUT2D eigenvalue weighted by Gasteiger charge is -1.94. The van der Waals surface area contributed by atoms with Gasteiger partial charge >= 0.3 is 0 Å². The highest BCUT2D eigenvalue weighted by Gasteiger charge is 2.22. The van der Waals surface area contributed by atoms with Crippen LogP contribution in [0.25, 0.3) is 10.3 Å². The van der Waals surface area contributed by atoms with Crippen LogP contribution < -0.4 is 5.32 Å². The van der Waals surface area contributed by atoms with Crippen molar-refractivity contribution in [1.29, 1.82) is 0 Å². The molecule has 2 aromatic heterocycles. The molecule has 1 fully saturated rings. The minimum absolute atomic E-state index is 0.667. The van der Waals surface area contributed by atoms with Gasteiger partial charge in [-0.2, -0.15) is 0 Å². The van der Waals surface area contributed by atoms with E-state index in [2.05, 4.69) is 15.3 Å². The Morgan fingerprint density at radius 3 is 3.15 bits per heavy atom. The molecule has 0 saturated heterocycles. The molecule has 1 aliphatic rings. The van der Waals surface area contributed by atoms with E-state index < -0.39 is 0 Å². The molecular weight excluding hydrogens is 182 g/mol. The molecular formula is C9H9N3S. The molecule has 66 valence electrons. The van der Waals surface area contributed by atoms with Gasteiger partial charge in [-0.1, -0.05) is 11.3 Å². The molecule has 0 unspecified atom stereocenters. The predicted octanol–water partition coefficient (Wildman–Crippen LogP) is 2.27. The van der Waals surface area contributed by atoms with Crippen LogP contribution in [-0.2, 0) is 0 Å². The minimum atomic E-state index is 0.667. The van der Waals surface area contributed by atoms with Gasteiger partial charge in [-0.15, -0.1) is 0 Å². The molecule has 0 radical (unpaired) electrons. The van der Waals surface area contributed by atoms with Crippen LogP contribution in [0.15, 0.2) is 18.3 Å². The molecule has 2 aromatic rings. The van der Waals surface area contributed by atoms with E-state index in [1.807, 2.05) is 12.1 Å². The smallest absolute Gasteiger partial charge is 0.185 e. The van der Waals surface area contributed by atoms with Gasteiger partial charge in [0.2, 0.25) is 0 Å². The molecule has 3 rings (SSSR count). The minimum Gasteiger partial charge on any atom is -0.359 e. The summed E-state index contributed by atoms with van der Waals surface area (Å²) in [7, 11) is 0. The van der Waals surface area contributed by atoms with E-state index in [9.17, 15) is 0 Å². The molecule has 13 heavy (non-hydrogen) atoms. The fraction of sp³-hybridized carbons (Fsp3) is 0.333. The zero-order valence-electron chi connectivity index (χ0n) is 7.03. The molecule has 1 N–H and O–H groups in total. The van der Waals surface area contributed by atoms with Crippen molar-refractivity contribution in [2.45, 2.75) is 18.9 Å². The third-order valence-corrected chi connectivity index (χ3v) is 2.98. The monoisotopic (exact) mass is 191 g/mol. The molecule has 0 aliphatic heterocycles. The molecule has 1 aliphatic carbocycles. The molecule has 3 nitrogen and oxygen atoms in total. The van der Waals surface area contributed by atoms with Crippen LogP contribution in [-0.4, -0.2) is 16.0 Å². The third-order valence-electron chi connectivity index (χ3n) is 2.07. The van der Waals surface area contributed by atoms with Gasteiger partial charge in [0.1, 0.15) is 10.3 Å². The number of thiazole rings is 1. The lowest BCUT2D eigenvalue weighted by Crippen LogP contribution is -1.99. The van der Waals surface area contributed by atoms with E-state index in [1.54, 1.807) is 17.5 Å². The number of pyridine rings is 1. The SMILES string of the molecule is c1cnc2sc(NC3CC3)nc2c1. The van der Waals surface area contributed by atoms with Crippen molar-refractivity contribution in [3.05, 3.63) is 18.3 Å². The Hall–Kier alpha value is -1.16. The fourth-order valence-electron chi connectivity index (χ4n) is 1.23. The molecule has 1 saturated carbocycles. The molecule has 0 aromatic carbocycles. The Labute approximate surface area is 79.8 Å². The highest BCUT2D eigenvalue weighted by Crippen LogP contribution is 2.29. The van der Waals surface area contributed by atoms with Gasteiger partial charge in [0.05, 0.1) is 0 Å². The van der Waals surface area contributed by atoms with Gasteiger partial charge in [-0.05, 0) is 25.0 Å². The van der Waals surface area contributed by atoms with Crippen molar-refractivity contribution in [3.63, 3.8) is 0 Å². The summed E-state index contributed by atoms with van der Waals surface area (Å²) in [5.41, 5.74) is 0.996. The van der Waals surface area contributed by atoms with Gasteiger partial charge < -0.3 is 5.32 Å². The number of aromatic nitrogens is 2. The number of rotatable bonds is 2. The van der Waals surface area contributed by atoms with Crippen LogP contribution in [0, 0.1) is 0 Å². The number of hydrogen-bond donors (Lipinski definition) is 1. The molecule has 0 amide bonds. The van der Waals surface area contributed by atoms with Crippen LogP contribution >= 0.6 is 11.3 Å². The van der Waals surface area contributed by atoms with E-state index in [0.717, 1.165) is 15.5 Å². The highest BCUT2D eigenvalue weighted by molar-refractivity contribution is 7.21. The van der Waals surface area contributed by atoms with Gasteiger partial charge in [0.25, 0.3) is 0 Å². The molecule has 2 heterocycles. The maximum Gasteiger partial charge on any atom is 0.185 e. The van der Waals surface area contributed by atoms with E-state index in [1.165, 1.54) is 12.8 Å². The Morgan fingerprint density at radius 1 is 1.46 bits per heavy atom. The second-order valence-electron chi connectivity index (χ2n) is 3.27. The topological polar surface area (TPSA) is 37.8 Å². The largest absolute Gasteiger partial charge is 0.359 e. The lowest BCUT2D eigenvalue weighted by atomic mass is 10.5. The average molecular weight is 191 g/mol. The van der Waals surface area contributed by atoms with Gasteiger partial charge in [-0.25, -0.2) is 9.97 Å². The van der Waals surface area contributed by atoms with Crippen LogP contribution in [0.1, 0.15) is 12.8 Å². The Kier molecular flexibility index (Phi) is 1.49. The van der Waals surface area contributed by atoms with Gasteiger partial charge in [0.15, 0.2) is 5.13 Å².